The minimum atomic E-state index is -0.120. The summed E-state index contributed by atoms with van der Waals surface area (Å²) in [4.78, 5) is 65.9. The van der Waals surface area contributed by atoms with Gasteiger partial charge in [-0.2, -0.15) is 0 Å². The molecule has 4 aromatic rings. The van der Waals surface area contributed by atoms with Crippen molar-refractivity contribution in [2.45, 2.75) is 78.8 Å². The van der Waals surface area contributed by atoms with E-state index >= 15 is 0 Å². The molecular weight excluding hydrogens is 753 g/mol. The van der Waals surface area contributed by atoms with Gasteiger partial charge in [-0.15, -0.1) is 0 Å². The van der Waals surface area contributed by atoms with Crippen LogP contribution in [0.15, 0.2) is 48.8 Å². The van der Waals surface area contributed by atoms with Gasteiger partial charge in [-0.1, -0.05) is 12.1 Å². The van der Waals surface area contributed by atoms with Crippen LogP contribution < -0.4 is 0 Å². The fourth-order valence-electron chi connectivity index (χ4n) is 9.96. The summed E-state index contributed by atoms with van der Waals surface area (Å²) in [6.45, 7) is 28.7. The maximum Gasteiger partial charge on any atom is 0.254 e. The molecule has 0 saturated carbocycles. The van der Waals surface area contributed by atoms with Crippen molar-refractivity contribution in [2.24, 2.45) is 0 Å². The summed E-state index contributed by atoms with van der Waals surface area (Å²) in [6.07, 6.45) is 4.19. The maximum atomic E-state index is 13.9. The molecule has 2 N–H and O–H groups in total. The van der Waals surface area contributed by atoms with Crippen LogP contribution in [-0.4, -0.2) is 196 Å². The number of H-pyrrole nitrogens is 2. The maximum absolute atomic E-state index is 13.9. The zero-order chi connectivity index (χ0) is 42.1. The van der Waals surface area contributed by atoms with Crippen LogP contribution in [0.3, 0.4) is 0 Å². The summed E-state index contributed by atoms with van der Waals surface area (Å²) >= 11 is 0. The fraction of sp³-hybridized carbons (Fsp3) is 0.596. The van der Waals surface area contributed by atoms with Crippen LogP contribution in [-0.2, 0) is 17.9 Å². The number of Topliss-reactive ketones (excluding diaryl/α,β-unsaturated/α-hetero) is 1. The van der Waals surface area contributed by atoms with E-state index in [0.717, 1.165) is 140 Å². The Balaban J connectivity index is 0.773. The molecule has 324 valence electrons. The molecule has 4 saturated heterocycles. The molecule has 6 heterocycles. The molecule has 0 spiro atoms. The van der Waals surface area contributed by atoms with Gasteiger partial charge in [0.05, 0.1) is 12.1 Å². The van der Waals surface area contributed by atoms with Gasteiger partial charge in [0.1, 0.15) is 0 Å². The molecule has 4 aliphatic rings. The van der Waals surface area contributed by atoms with Crippen molar-refractivity contribution >= 4 is 39.4 Å². The summed E-state index contributed by atoms with van der Waals surface area (Å²) < 4.78 is 0. The van der Waals surface area contributed by atoms with Crippen LogP contribution in [0.5, 0.6) is 0 Å². The summed E-state index contributed by atoms with van der Waals surface area (Å²) in [5.74, 6) is 0.543. The van der Waals surface area contributed by atoms with Crippen molar-refractivity contribution in [1.29, 1.82) is 0 Å². The highest BCUT2D eigenvalue weighted by molar-refractivity contribution is 5.99. The number of benzene rings is 2. The van der Waals surface area contributed by atoms with E-state index in [1.165, 1.54) is 21.9 Å². The Morgan fingerprint density at radius 3 is 1.18 bits per heavy atom. The van der Waals surface area contributed by atoms with E-state index in [1.54, 1.807) is 0 Å². The van der Waals surface area contributed by atoms with Gasteiger partial charge in [-0.25, -0.2) is 0 Å². The first-order valence-corrected chi connectivity index (χ1v) is 22.7. The zero-order valence-corrected chi connectivity index (χ0v) is 37.0. The second-order valence-electron chi connectivity index (χ2n) is 18.4. The lowest BCUT2D eigenvalue weighted by atomic mass is 10.0. The topological polar surface area (TPSA) is 109 Å². The molecule has 0 radical (unpaired) electrons. The Morgan fingerprint density at radius 1 is 0.483 bits per heavy atom. The van der Waals surface area contributed by atoms with Gasteiger partial charge in [-0.05, 0) is 76.9 Å². The normalized spacial score (nSPS) is 21.1. The molecule has 2 unspecified atom stereocenters. The summed E-state index contributed by atoms with van der Waals surface area (Å²) in [6, 6.07) is 13.0. The lowest BCUT2D eigenvalue weighted by molar-refractivity contribution is -0.130. The highest BCUT2D eigenvalue weighted by Crippen LogP contribution is 2.26. The number of aromatic nitrogens is 2. The number of carbonyl (C=O) groups is 3. The molecule has 13 heteroatoms. The average Bonchev–Trinajstić information content (AvgIpc) is 3.88. The van der Waals surface area contributed by atoms with Crippen molar-refractivity contribution in [3.63, 3.8) is 0 Å². The second-order valence-corrected chi connectivity index (χ2v) is 18.4. The van der Waals surface area contributed by atoms with Gasteiger partial charge >= 0.3 is 0 Å². The largest absolute Gasteiger partial charge is 0.361 e. The lowest BCUT2D eigenvalue weighted by Gasteiger charge is -2.41. The van der Waals surface area contributed by atoms with Crippen LogP contribution in [0.25, 0.3) is 21.8 Å². The smallest absolute Gasteiger partial charge is 0.254 e. The fourth-order valence-corrected chi connectivity index (χ4v) is 9.96. The van der Waals surface area contributed by atoms with Crippen molar-refractivity contribution < 1.29 is 14.4 Å². The van der Waals surface area contributed by atoms with Crippen LogP contribution in [0.2, 0.25) is 0 Å². The van der Waals surface area contributed by atoms with E-state index < -0.39 is 0 Å². The van der Waals surface area contributed by atoms with E-state index in [9.17, 15) is 14.4 Å². The summed E-state index contributed by atoms with van der Waals surface area (Å²) in [5.41, 5.74) is 6.01. The van der Waals surface area contributed by atoms with Crippen molar-refractivity contribution in [3.05, 3.63) is 71.0 Å². The highest BCUT2D eigenvalue weighted by Gasteiger charge is 2.33. The number of ketones is 1. The second kappa shape index (κ2) is 18.5. The first-order chi connectivity index (χ1) is 28.9. The number of fused-ring (bicyclic) bond motifs is 2. The van der Waals surface area contributed by atoms with E-state index in [2.05, 4.69) is 105 Å². The quantitative estimate of drug-likeness (QED) is 0.217. The number of piperazine rings is 4. The van der Waals surface area contributed by atoms with Gasteiger partial charge in [-0.3, -0.25) is 43.8 Å². The number of carbonyl (C=O) groups excluding carboxylic acids is 3. The Hall–Kier alpha value is -4.11. The third-order valence-electron chi connectivity index (χ3n) is 14.2. The molecule has 2 atom stereocenters. The average molecular weight is 821 g/mol. The lowest BCUT2D eigenvalue weighted by Crippen LogP contribution is -2.57. The molecule has 0 bridgehead atoms. The summed E-state index contributed by atoms with van der Waals surface area (Å²) in [5, 5.41) is 2.34. The molecule has 2 aromatic carbocycles. The molecule has 13 nitrogen and oxygen atoms in total. The van der Waals surface area contributed by atoms with E-state index in [4.69, 9.17) is 0 Å². The van der Waals surface area contributed by atoms with Crippen LogP contribution in [0, 0.1) is 0 Å². The molecule has 4 aliphatic heterocycles. The van der Waals surface area contributed by atoms with E-state index in [0.29, 0.717) is 17.9 Å². The SMILES string of the molecule is CC(C)N1CCN(C(=O)c2ccc3c(CN4CCN(C(C)C(=O)C(C)N5CCN(Cc6c[nH]c7cc(C(=O)N8CCN(C(C)C)CC8)ccc67)CC5)CC4)c[nH]c3c2)CC1. The zero-order valence-electron chi connectivity index (χ0n) is 37.0. The molecular formula is C47H68N10O3. The highest BCUT2D eigenvalue weighted by atomic mass is 16.2. The van der Waals surface area contributed by atoms with Crippen molar-refractivity contribution in [2.75, 3.05) is 105 Å². The first kappa shape index (κ1) is 42.6. The van der Waals surface area contributed by atoms with Gasteiger partial charge < -0.3 is 19.8 Å². The third kappa shape index (κ3) is 9.22. The molecule has 0 aliphatic carbocycles. The Bertz CT molecular complexity index is 1960. The number of hydrogen-bond donors (Lipinski definition) is 2. The monoisotopic (exact) mass is 821 g/mol. The van der Waals surface area contributed by atoms with Crippen molar-refractivity contribution in [1.82, 2.24) is 49.2 Å². The Labute approximate surface area is 356 Å². The number of hydrogen-bond acceptors (Lipinski definition) is 9. The van der Waals surface area contributed by atoms with Crippen molar-refractivity contribution in [3.8, 4) is 0 Å². The molecule has 2 aromatic heterocycles. The van der Waals surface area contributed by atoms with E-state index in [-0.39, 0.29) is 23.9 Å². The minimum Gasteiger partial charge on any atom is -0.361 e. The van der Waals surface area contributed by atoms with Gasteiger partial charge in [0.2, 0.25) is 0 Å². The molecule has 8 rings (SSSR count). The standard InChI is InChI=1S/C47H68N10O3/c1-33(2)52-19-23-56(24-20-52)46(59)37-7-9-41-39(29-48-43(41)27-37)31-50-11-15-54(16-12-50)35(5)45(58)36(6)55-17-13-51(14-18-55)32-40-30-49-44-28-38(8-10-42(40)44)47(60)57-25-21-53(22-26-57)34(3)4/h7-10,27-30,33-36,48-49H,11-26,31-32H2,1-6H3. The van der Waals surface area contributed by atoms with Crippen LogP contribution in [0.4, 0.5) is 0 Å². The molecule has 2 amide bonds. The predicted octanol–water partition coefficient (Wildman–Crippen LogP) is 4.26. The Morgan fingerprint density at radius 2 is 0.833 bits per heavy atom. The number of nitrogens with one attached hydrogen (secondary N) is 2. The van der Waals surface area contributed by atoms with Gasteiger partial charge in [0, 0.05) is 175 Å². The Kier molecular flexibility index (Phi) is 13.1. The molecule has 4 fully saturated rings. The predicted molar refractivity (Wildman–Crippen MR) is 239 cm³/mol. The number of nitrogens with zero attached hydrogens (tertiary/aromatic N) is 8. The third-order valence-corrected chi connectivity index (χ3v) is 14.2. The van der Waals surface area contributed by atoms with Gasteiger partial charge in [0.15, 0.2) is 5.78 Å². The first-order valence-electron chi connectivity index (χ1n) is 22.7. The van der Waals surface area contributed by atoms with E-state index in [1.807, 2.05) is 34.1 Å². The van der Waals surface area contributed by atoms with Gasteiger partial charge in [0.25, 0.3) is 11.8 Å². The minimum absolute atomic E-state index is 0.117. The number of rotatable bonds is 12. The van der Waals surface area contributed by atoms with Crippen LogP contribution >= 0.6 is 0 Å². The number of aromatic amines is 2. The number of amides is 2. The summed E-state index contributed by atoms with van der Waals surface area (Å²) in [7, 11) is 0. The van der Waals surface area contributed by atoms with Crippen LogP contribution in [0.1, 0.15) is 73.4 Å². The molecule has 60 heavy (non-hydrogen) atoms.